The Balaban J connectivity index is 2.81. The van der Waals surface area contributed by atoms with E-state index in [9.17, 15) is 28.2 Å². The van der Waals surface area contributed by atoms with E-state index < -0.39 is 40.5 Å². The minimum atomic E-state index is -3.77. The maximum atomic E-state index is 12.3. The van der Waals surface area contributed by atoms with Crippen LogP contribution in [0.15, 0.2) is 24.3 Å². The first-order valence-electron chi connectivity index (χ1n) is 8.05. The number of sulfonamides is 1. The molecule has 0 fully saturated rings. The Morgan fingerprint density at radius 3 is 2.37 bits per heavy atom. The number of carbonyl (C=O) groups excluding carboxylic acids is 1. The van der Waals surface area contributed by atoms with Crippen LogP contribution in [0.25, 0.3) is 0 Å². The minimum absolute atomic E-state index is 0.0246. The molecule has 11 heteroatoms. The topological polar surface area (TPSA) is 160 Å². The van der Waals surface area contributed by atoms with Crippen molar-refractivity contribution < 1.29 is 28.2 Å². The second-order valence-corrected chi connectivity index (χ2v) is 7.87. The fourth-order valence-corrected chi connectivity index (χ4v) is 2.97. The van der Waals surface area contributed by atoms with Crippen molar-refractivity contribution >= 4 is 21.9 Å². The molecule has 27 heavy (non-hydrogen) atoms. The van der Waals surface area contributed by atoms with Gasteiger partial charge in [-0.1, -0.05) is 12.1 Å². The Labute approximate surface area is 157 Å². The van der Waals surface area contributed by atoms with Gasteiger partial charge in [-0.3, -0.25) is 4.79 Å². The summed E-state index contributed by atoms with van der Waals surface area (Å²) in [5.41, 5.74) is 2.99. The summed E-state index contributed by atoms with van der Waals surface area (Å²) in [6, 6.07) is 5.19. The molecule has 0 saturated heterocycles. The van der Waals surface area contributed by atoms with Crippen molar-refractivity contribution in [1.29, 1.82) is 5.26 Å². The summed E-state index contributed by atoms with van der Waals surface area (Å²) >= 11 is 0. The van der Waals surface area contributed by atoms with Crippen molar-refractivity contribution in [3.05, 3.63) is 29.8 Å². The molecular formula is C16H22N4O6S. The van der Waals surface area contributed by atoms with Crippen LogP contribution >= 0.6 is 0 Å². The highest BCUT2D eigenvalue weighted by Crippen LogP contribution is 2.11. The number of aromatic hydroxyl groups is 1. The predicted octanol–water partition coefficient (Wildman–Crippen LogP) is -0.428. The second-order valence-electron chi connectivity index (χ2n) is 5.69. The Hall–Kier alpha value is -2.68. The van der Waals surface area contributed by atoms with Gasteiger partial charge in [0.25, 0.3) is 0 Å². The summed E-state index contributed by atoms with van der Waals surface area (Å²) in [5.74, 6) is -2.24. The van der Waals surface area contributed by atoms with E-state index in [2.05, 4.69) is 10.7 Å². The van der Waals surface area contributed by atoms with Crippen molar-refractivity contribution in [3.8, 4) is 11.8 Å². The highest BCUT2D eigenvalue weighted by atomic mass is 32.2. The first-order valence-corrected chi connectivity index (χ1v) is 9.66. The van der Waals surface area contributed by atoms with E-state index in [1.807, 2.05) is 0 Å². The van der Waals surface area contributed by atoms with Gasteiger partial charge in [-0.15, -0.1) is 4.41 Å². The first-order chi connectivity index (χ1) is 12.6. The van der Waals surface area contributed by atoms with Gasteiger partial charge in [-0.05, 0) is 31.5 Å². The number of benzene rings is 1. The number of carbonyl (C=O) groups is 2. The maximum absolute atomic E-state index is 12.3. The highest BCUT2D eigenvalue weighted by molar-refractivity contribution is 7.89. The van der Waals surface area contributed by atoms with Crippen LogP contribution in [0.3, 0.4) is 0 Å². The minimum Gasteiger partial charge on any atom is -0.508 e. The molecule has 2 atom stereocenters. The number of rotatable bonds is 10. The number of amides is 1. The standard InChI is InChI=1S/C16H22N4O6S/c1-3-27(25,26)20(9-8-17)19-11(2)15(22)18-14(16(23)24)10-12-4-6-13(21)7-5-12/h4-7,11,14,19,21H,3,9-10H2,1-2H3,(H,18,22)(H,23,24)/t11?,14-/m0/s1. The summed E-state index contributed by atoms with van der Waals surface area (Å²) in [5, 5.41) is 29.7. The Bertz CT molecular complexity index is 803. The fraction of sp³-hybridized carbons (Fsp3) is 0.438. The molecule has 0 heterocycles. The summed E-state index contributed by atoms with van der Waals surface area (Å²) in [6.45, 7) is 2.25. The van der Waals surface area contributed by atoms with Gasteiger partial charge in [0.05, 0.1) is 17.9 Å². The number of nitrogens with zero attached hydrogens (tertiary/aromatic N) is 2. The van der Waals surface area contributed by atoms with Gasteiger partial charge >= 0.3 is 5.97 Å². The molecule has 0 aliphatic heterocycles. The SMILES string of the molecule is CCS(=O)(=O)N(CC#N)NC(C)C(=O)N[C@@H](Cc1ccc(O)cc1)C(=O)O. The average Bonchev–Trinajstić information content (AvgIpc) is 2.62. The van der Waals surface area contributed by atoms with E-state index in [1.54, 1.807) is 6.07 Å². The van der Waals surface area contributed by atoms with Crippen molar-refractivity contribution in [3.63, 3.8) is 0 Å². The van der Waals surface area contributed by atoms with Crippen LogP contribution in [0.2, 0.25) is 0 Å². The molecule has 0 aliphatic rings. The second kappa shape index (κ2) is 9.86. The van der Waals surface area contributed by atoms with Gasteiger partial charge in [-0.25, -0.2) is 18.6 Å². The molecule has 0 radical (unpaired) electrons. The van der Waals surface area contributed by atoms with Crippen LogP contribution in [0, 0.1) is 11.3 Å². The summed E-state index contributed by atoms with van der Waals surface area (Å²) in [7, 11) is -3.77. The van der Waals surface area contributed by atoms with Crippen molar-refractivity contribution in [2.75, 3.05) is 12.3 Å². The number of carboxylic acid groups (broad SMARTS) is 1. The number of aliphatic carboxylic acids is 1. The lowest BCUT2D eigenvalue weighted by molar-refractivity contribution is -0.142. The number of nitriles is 1. The van der Waals surface area contributed by atoms with Crippen LogP contribution in [0.4, 0.5) is 0 Å². The van der Waals surface area contributed by atoms with Gasteiger partial charge in [0, 0.05) is 6.42 Å². The van der Waals surface area contributed by atoms with Crippen molar-refractivity contribution in [1.82, 2.24) is 15.2 Å². The smallest absolute Gasteiger partial charge is 0.326 e. The lowest BCUT2D eigenvalue weighted by atomic mass is 10.1. The largest absolute Gasteiger partial charge is 0.508 e. The number of hydrogen-bond acceptors (Lipinski definition) is 7. The number of phenols is 1. The molecule has 0 aromatic heterocycles. The lowest BCUT2D eigenvalue weighted by Gasteiger charge is -2.24. The third-order valence-corrected chi connectivity index (χ3v) is 5.27. The zero-order valence-electron chi connectivity index (χ0n) is 14.9. The lowest BCUT2D eigenvalue weighted by Crippen LogP contribution is -2.55. The van der Waals surface area contributed by atoms with Crippen LogP contribution in [0.5, 0.6) is 5.75 Å². The zero-order valence-corrected chi connectivity index (χ0v) is 15.7. The summed E-state index contributed by atoms with van der Waals surface area (Å²) in [4.78, 5) is 23.7. The fourth-order valence-electron chi connectivity index (χ4n) is 2.08. The third kappa shape index (κ3) is 6.86. The number of hydrogen-bond donors (Lipinski definition) is 4. The van der Waals surface area contributed by atoms with E-state index in [1.165, 1.54) is 38.1 Å². The van der Waals surface area contributed by atoms with Gasteiger partial charge in [-0.2, -0.15) is 5.26 Å². The molecule has 1 aromatic carbocycles. The molecule has 4 N–H and O–H groups in total. The molecule has 10 nitrogen and oxygen atoms in total. The van der Waals surface area contributed by atoms with E-state index in [0.29, 0.717) is 9.98 Å². The maximum Gasteiger partial charge on any atom is 0.326 e. The summed E-state index contributed by atoms with van der Waals surface area (Å²) < 4.78 is 24.5. The molecule has 0 bridgehead atoms. The van der Waals surface area contributed by atoms with Crippen LogP contribution in [-0.4, -0.2) is 59.3 Å². The first kappa shape index (κ1) is 22.4. The Kier molecular flexibility index (Phi) is 8.17. The molecule has 0 spiro atoms. The molecule has 0 saturated carbocycles. The van der Waals surface area contributed by atoms with Gasteiger partial charge in [0.15, 0.2) is 0 Å². The van der Waals surface area contributed by atoms with Crippen molar-refractivity contribution in [2.45, 2.75) is 32.4 Å². The number of carboxylic acids is 1. The Morgan fingerprint density at radius 1 is 1.30 bits per heavy atom. The monoisotopic (exact) mass is 398 g/mol. The van der Waals surface area contributed by atoms with Gasteiger partial charge in [0.1, 0.15) is 18.3 Å². The normalized spacial score (nSPS) is 13.6. The molecule has 1 amide bonds. The predicted molar refractivity (Wildman–Crippen MR) is 95.8 cm³/mol. The van der Waals surface area contributed by atoms with Crippen LogP contribution in [0.1, 0.15) is 19.4 Å². The molecular weight excluding hydrogens is 376 g/mol. The van der Waals surface area contributed by atoms with Crippen LogP contribution in [-0.2, 0) is 26.0 Å². The van der Waals surface area contributed by atoms with Crippen LogP contribution < -0.4 is 10.7 Å². The van der Waals surface area contributed by atoms with E-state index in [-0.39, 0.29) is 17.9 Å². The quantitative estimate of drug-likeness (QED) is 0.305. The van der Waals surface area contributed by atoms with E-state index in [0.717, 1.165) is 0 Å². The molecule has 1 rings (SSSR count). The van der Waals surface area contributed by atoms with E-state index >= 15 is 0 Å². The number of hydrazine groups is 1. The van der Waals surface area contributed by atoms with Gasteiger partial charge in [0.2, 0.25) is 15.9 Å². The molecule has 148 valence electrons. The number of phenolic OH excluding ortho intramolecular Hbond substituents is 1. The average molecular weight is 398 g/mol. The Morgan fingerprint density at radius 2 is 1.89 bits per heavy atom. The third-order valence-electron chi connectivity index (χ3n) is 3.64. The molecule has 0 aliphatic carbocycles. The van der Waals surface area contributed by atoms with Gasteiger partial charge < -0.3 is 15.5 Å². The van der Waals surface area contributed by atoms with E-state index in [4.69, 9.17) is 5.26 Å². The summed E-state index contributed by atoms with van der Waals surface area (Å²) in [6.07, 6.45) is -0.0246. The molecule has 1 unspecified atom stereocenters. The zero-order chi connectivity index (χ0) is 20.6. The number of nitrogens with one attached hydrogen (secondary N) is 2. The van der Waals surface area contributed by atoms with Crippen molar-refractivity contribution in [2.24, 2.45) is 0 Å². The highest BCUT2D eigenvalue weighted by Gasteiger charge is 2.27. The molecule has 1 aromatic rings.